The van der Waals surface area contributed by atoms with Gasteiger partial charge in [0, 0.05) is 0 Å². The molecule has 1 nitrogen and oxygen atoms in total. The van der Waals surface area contributed by atoms with Crippen molar-refractivity contribution in [3.05, 3.63) is 23.8 Å². The van der Waals surface area contributed by atoms with Crippen LogP contribution in [-0.4, -0.2) is 5.78 Å². The third kappa shape index (κ3) is 0.889. The predicted octanol–water partition coefficient (Wildman–Crippen LogP) is 2.63. The Morgan fingerprint density at radius 2 is 2.33 bits per heavy atom. The van der Waals surface area contributed by atoms with Crippen molar-refractivity contribution >= 4 is 5.78 Å². The number of hydrogen-bond acceptors (Lipinski definition) is 1. The summed E-state index contributed by atoms with van der Waals surface area (Å²) in [5.41, 5.74) is 1.20. The second-order valence-electron chi connectivity index (χ2n) is 3.83. The first-order valence-electron chi connectivity index (χ1n) is 4.64. The molecule has 0 saturated heterocycles. The highest BCUT2D eigenvalue weighted by Gasteiger charge is 2.40. The van der Waals surface area contributed by atoms with Crippen LogP contribution < -0.4 is 0 Å². The van der Waals surface area contributed by atoms with Gasteiger partial charge in [0.1, 0.15) is 0 Å². The molecule has 2 rings (SSSR count). The minimum atomic E-state index is -0.0990. The lowest BCUT2D eigenvalue weighted by atomic mass is 9.71. The topological polar surface area (TPSA) is 17.1 Å². The van der Waals surface area contributed by atoms with E-state index in [9.17, 15) is 4.79 Å². The number of allylic oxidation sites excluding steroid dienone is 4. The Kier molecular flexibility index (Phi) is 1.67. The molecule has 2 aliphatic carbocycles. The van der Waals surface area contributed by atoms with Gasteiger partial charge >= 0.3 is 0 Å². The minimum Gasteiger partial charge on any atom is -0.294 e. The highest BCUT2D eigenvalue weighted by Crippen LogP contribution is 2.44. The second-order valence-corrected chi connectivity index (χ2v) is 3.83. The first kappa shape index (κ1) is 7.78. The maximum atomic E-state index is 11.6. The molecule has 2 aliphatic rings. The monoisotopic (exact) mass is 162 g/mol. The van der Waals surface area contributed by atoms with Crippen molar-refractivity contribution in [1.29, 1.82) is 0 Å². The van der Waals surface area contributed by atoms with Gasteiger partial charge in [0.05, 0.1) is 5.41 Å². The number of carbonyl (C=O) groups excluding carboxylic acids is 1. The van der Waals surface area contributed by atoms with E-state index in [4.69, 9.17) is 0 Å². The summed E-state index contributed by atoms with van der Waals surface area (Å²) >= 11 is 0. The average Bonchev–Trinajstić information content (AvgIpc) is 2.41. The van der Waals surface area contributed by atoms with Crippen molar-refractivity contribution in [2.75, 3.05) is 0 Å². The molecule has 0 aromatic carbocycles. The molecule has 12 heavy (non-hydrogen) atoms. The van der Waals surface area contributed by atoms with E-state index in [2.05, 4.69) is 13.0 Å². The van der Waals surface area contributed by atoms with E-state index in [0.29, 0.717) is 5.78 Å². The van der Waals surface area contributed by atoms with Gasteiger partial charge in [-0.25, -0.2) is 0 Å². The van der Waals surface area contributed by atoms with Crippen LogP contribution in [0.4, 0.5) is 0 Å². The second kappa shape index (κ2) is 2.58. The van der Waals surface area contributed by atoms with Crippen molar-refractivity contribution in [3.63, 3.8) is 0 Å². The van der Waals surface area contributed by atoms with Gasteiger partial charge in [-0.1, -0.05) is 17.7 Å². The third-order valence-electron chi connectivity index (χ3n) is 3.22. The molecule has 0 bridgehead atoms. The summed E-state index contributed by atoms with van der Waals surface area (Å²) < 4.78 is 0. The van der Waals surface area contributed by atoms with Crippen molar-refractivity contribution in [1.82, 2.24) is 0 Å². The van der Waals surface area contributed by atoms with Crippen LogP contribution in [0.1, 0.15) is 32.6 Å². The van der Waals surface area contributed by atoms with E-state index in [-0.39, 0.29) is 5.41 Å². The summed E-state index contributed by atoms with van der Waals surface area (Å²) in [5.74, 6) is 0.330. The molecule has 0 saturated carbocycles. The first-order chi connectivity index (χ1) is 5.76. The van der Waals surface area contributed by atoms with Crippen molar-refractivity contribution in [2.45, 2.75) is 32.6 Å². The van der Waals surface area contributed by atoms with Crippen LogP contribution in [0.25, 0.3) is 0 Å². The van der Waals surface area contributed by atoms with E-state index in [1.807, 2.05) is 6.08 Å². The van der Waals surface area contributed by atoms with Gasteiger partial charge in [-0.05, 0) is 38.7 Å². The van der Waals surface area contributed by atoms with Crippen molar-refractivity contribution in [2.24, 2.45) is 5.41 Å². The van der Waals surface area contributed by atoms with Crippen molar-refractivity contribution in [3.8, 4) is 0 Å². The Morgan fingerprint density at radius 3 is 2.92 bits per heavy atom. The highest BCUT2D eigenvalue weighted by molar-refractivity contribution is 5.99. The lowest BCUT2D eigenvalue weighted by molar-refractivity contribution is -0.121. The zero-order valence-electron chi connectivity index (χ0n) is 7.47. The van der Waals surface area contributed by atoms with Crippen LogP contribution in [0.15, 0.2) is 23.8 Å². The van der Waals surface area contributed by atoms with E-state index in [1.54, 1.807) is 6.08 Å². The Hall–Kier alpha value is -0.850. The summed E-state index contributed by atoms with van der Waals surface area (Å²) in [6.07, 6.45) is 10.3. The summed E-state index contributed by atoms with van der Waals surface area (Å²) in [7, 11) is 0. The lowest BCUT2D eigenvalue weighted by Crippen LogP contribution is -2.29. The lowest BCUT2D eigenvalue weighted by Gasteiger charge is -2.31. The van der Waals surface area contributed by atoms with Gasteiger partial charge < -0.3 is 0 Å². The van der Waals surface area contributed by atoms with Crippen LogP contribution in [-0.2, 0) is 4.79 Å². The molecule has 0 fully saturated rings. The van der Waals surface area contributed by atoms with Crippen LogP contribution in [0.2, 0.25) is 0 Å². The van der Waals surface area contributed by atoms with Gasteiger partial charge in [0.15, 0.2) is 5.78 Å². The summed E-state index contributed by atoms with van der Waals surface area (Å²) in [6.45, 7) is 2.10. The standard InChI is InChI=1S/C11H14O/c1-9-5-2-3-7-11(9)8-4-6-10(11)12/h4-6H,2-3,7-8H2,1H3/t11-/m0/s1. The number of ketones is 1. The van der Waals surface area contributed by atoms with Gasteiger partial charge in [0.2, 0.25) is 0 Å². The molecule has 0 aromatic rings. The molecule has 64 valence electrons. The maximum Gasteiger partial charge on any atom is 0.165 e. The SMILES string of the molecule is CC1=CCCC[C@]12CC=CC2=O. The van der Waals surface area contributed by atoms with Gasteiger partial charge in [-0.15, -0.1) is 0 Å². The predicted molar refractivity (Wildman–Crippen MR) is 48.8 cm³/mol. The van der Waals surface area contributed by atoms with Crippen LogP contribution in [0.5, 0.6) is 0 Å². The number of rotatable bonds is 0. The van der Waals surface area contributed by atoms with Gasteiger partial charge in [0.25, 0.3) is 0 Å². The number of carbonyl (C=O) groups is 1. The Labute approximate surface area is 73.2 Å². The molecule has 1 heteroatoms. The minimum absolute atomic E-state index is 0.0990. The largest absolute Gasteiger partial charge is 0.294 e. The van der Waals surface area contributed by atoms with E-state index in [0.717, 1.165) is 19.3 Å². The normalized spacial score (nSPS) is 34.4. The summed E-state index contributed by atoms with van der Waals surface area (Å²) in [6, 6.07) is 0. The summed E-state index contributed by atoms with van der Waals surface area (Å²) in [5, 5.41) is 0. The van der Waals surface area contributed by atoms with E-state index in [1.165, 1.54) is 12.0 Å². The zero-order valence-corrected chi connectivity index (χ0v) is 7.47. The number of hydrogen-bond donors (Lipinski definition) is 0. The van der Waals surface area contributed by atoms with E-state index < -0.39 is 0 Å². The molecule has 0 aliphatic heterocycles. The molecule has 0 heterocycles. The van der Waals surface area contributed by atoms with Crippen LogP contribution in [0.3, 0.4) is 0 Å². The molecule has 0 N–H and O–H groups in total. The van der Waals surface area contributed by atoms with Gasteiger partial charge in [-0.2, -0.15) is 0 Å². The fourth-order valence-electron chi connectivity index (χ4n) is 2.32. The first-order valence-corrected chi connectivity index (χ1v) is 4.64. The Morgan fingerprint density at radius 1 is 1.50 bits per heavy atom. The quantitative estimate of drug-likeness (QED) is 0.500. The molecule has 0 aromatic heterocycles. The molecular weight excluding hydrogens is 148 g/mol. The molecule has 0 radical (unpaired) electrons. The molecular formula is C11H14O. The third-order valence-corrected chi connectivity index (χ3v) is 3.22. The van der Waals surface area contributed by atoms with E-state index >= 15 is 0 Å². The molecule has 1 spiro atoms. The molecule has 0 unspecified atom stereocenters. The van der Waals surface area contributed by atoms with Crippen molar-refractivity contribution < 1.29 is 4.79 Å². The zero-order chi connectivity index (χ0) is 8.60. The fourth-order valence-corrected chi connectivity index (χ4v) is 2.32. The smallest absolute Gasteiger partial charge is 0.165 e. The Balaban J connectivity index is 2.37. The summed E-state index contributed by atoms with van der Waals surface area (Å²) in [4.78, 5) is 11.6. The highest BCUT2D eigenvalue weighted by atomic mass is 16.1. The molecule has 0 amide bonds. The maximum absolute atomic E-state index is 11.6. The molecule has 1 atom stereocenters. The van der Waals surface area contributed by atoms with Gasteiger partial charge in [-0.3, -0.25) is 4.79 Å². The fraction of sp³-hybridized carbons (Fsp3) is 0.545. The van der Waals surface area contributed by atoms with Crippen LogP contribution >= 0.6 is 0 Å². The Bertz CT molecular complexity index is 273. The van der Waals surface area contributed by atoms with Crippen LogP contribution in [0, 0.1) is 5.41 Å². The average molecular weight is 162 g/mol.